The van der Waals surface area contributed by atoms with Gasteiger partial charge in [0.05, 0.1) is 6.54 Å². The first kappa shape index (κ1) is 12.7. The van der Waals surface area contributed by atoms with Gasteiger partial charge >= 0.3 is 0 Å². The first-order chi connectivity index (χ1) is 8.11. The van der Waals surface area contributed by atoms with Crippen LogP contribution in [-0.4, -0.2) is 35.0 Å². The molecule has 0 aromatic rings. The number of nitrogens with one attached hydrogen (secondary N) is 2. The topological polar surface area (TPSA) is 53.5 Å². The molecule has 1 amide bonds. The second-order valence-corrected chi connectivity index (χ2v) is 6.07. The molecule has 0 spiro atoms. The van der Waals surface area contributed by atoms with Crippen molar-refractivity contribution in [2.24, 2.45) is 4.99 Å². The van der Waals surface area contributed by atoms with Gasteiger partial charge in [-0.2, -0.15) is 0 Å². The average Bonchev–Trinajstić information content (AvgIpc) is 3.02. The van der Waals surface area contributed by atoms with Crippen LogP contribution in [0.5, 0.6) is 0 Å². The van der Waals surface area contributed by atoms with E-state index in [0.29, 0.717) is 19.0 Å². The third-order valence-electron chi connectivity index (χ3n) is 3.25. The molecule has 5 heteroatoms. The summed E-state index contributed by atoms with van der Waals surface area (Å²) in [6, 6.07) is 0.456. The van der Waals surface area contributed by atoms with Crippen molar-refractivity contribution in [1.29, 1.82) is 0 Å². The molecule has 17 heavy (non-hydrogen) atoms. The van der Waals surface area contributed by atoms with Gasteiger partial charge in [0.2, 0.25) is 5.91 Å². The number of aliphatic imine (C=N–C) groups is 1. The second-order valence-electron chi connectivity index (χ2n) is 5.11. The number of hydrogen-bond acceptors (Lipinski definition) is 3. The van der Waals surface area contributed by atoms with Crippen molar-refractivity contribution < 1.29 is 4.79 Å². The first-order valence-electron chi connectivity index (χ1n) is 6.36. The zero-order valence-electron chi connectivity index (χ0n) is 10.6. The number of carbonyl (C=O) groups excluding carboxylic acids is 1. The summed E-state index contributed by atoms with van der Waals surface area (Å²) >= 11 is 1.76. The van der Waals surface area contributed by atoms with Gasteiger partial charge < -0.3 is 10.6 Å². The first-order valence-corrected chi connectivity index (χ1v) is 7.35. The van der Waals surface area contributed by atoms with E-state index in [0.717, 1.165) is 30.2 Å². The van der Waals surface area contributed by atoms with Crippen molar-refractivity contribution >= 4 is 22.8 Å². The van der Waals surface area contributed by atoms with Gasteiger partial charge in [0.1, 0.15) is 0 Å². The molecule has 1 heterocycles. The van der Waals surface area contributed by atoms with E-state index in [1.807, 2.05) is 0 Å². The van der Waals surface area contributed by atoms with E-state index < -0.39 is 0 Å². The Morgan fingerprint density at radius 2 is 2.41 bits per heavy atom. The Bertz CT molecular complexity index is 328. The van der Waals surface area contributed by atoms with Crippen molar-refractivity contribution in [2.75, 3.05) is 12.3 Å². The van der Waals surface area contributed by atoms with Gasteiger partial charge in [-0.15, -0.1) is 0 Å². The van der Waals surface area contributed by atoms with Crippen molar-refractivity contribution in [1.82, 2.24) is 10.6 Å². The Morgan fingerprint density at radius 1 is 1.65 bits per heavy atom. The van der Waals surface area contributed by atoms with E-state index in [9.17, 15) is 4.79 Å². The van der Waals surface area contributed by atoms with Crippen LogP contribution in [0, 0.1) is 0 Å². The van der Waals surface area contributed by atoms with Gasteiger partial charge in [0.15, 0.2) is 5.17 Å². The van der Waals surface area contributed by atoms with Gasteiger partial charge in [-0.3, -0.25) is 9.79 Å². The summed E-state index contributed by atoms with van der Waals surface area (Å²) in [6.45, 7) is 4.98. The molecule has 2 fully saturated rings. The number of amides is 1. The summed E-state index contributed by atoms with van der Waals surface area (Å²) in [5.74, 6) is 1.20. The number of amidine groups is 1. The fraction of sp³-hybridized carbons (Fsp3) is 0.833. The number of nitrogens with zero attached hydrogens (tertiary/aromatic N) is 1. The smallest absolute Gasteiger partial charge is 0.222 e. The molecule has 1 aliphatic carbocycles. The zero-order valence-corrected chi connectivity index (χ0v) is 11.4. The number of thioether (sulfide) groups is 1. The highest BCUT2D eigenvalue weighted by molar-refractivity contribution is 8.14. The fourth-order valence-electron chi connectivity index (χ4n) is 1.62. The van der Waals surface area contributed by atoms with Gasteiger partial charge in [-0.1, -0.05) is 18.7 Å². The minimum Gasteiger partial charge on any atom is -0.359 e. The normalized spacial score (nSPS) is 30.4. The predicted octanol–water partition coefficient (Wildman–Crippen LogP) is 1.52. The molecule has 1 aliphatic heterocycles. The molecule has 0 radical (unpaired) electrons. The molecular formula is C12H21N3OS. The lowest BCUT2D eigenvalue weighted by molar-refractivity contribution is -0.121. The Labute approximate surface area is 107 Å². The summed E-state index contributed by atoms with van der Waals surface area (Å²) in [4.78, 5) is 15.9. The lowest BCUT2D eigenvalue weighted by Crippen LogP contribution is -2.39. The monoisotopic (exact) mass is 255 g/mol. The van der Waals surface area contributed by atoms with E-state index in [1.165, 1.54) is 0 Å². The largest absolute Gasteiger partial charge is 0.359 e. The molecule has 2 rings (SSSR count). The standard InChI is InChI=1S/C12H21N3OS/c1-3-12(2)8-17-11(15-12)13-7-6-10(16)14-9-4-5-9/h9H,3-8H2,1-2H3,(H,13,15)(H,14,16). The van der Waals surface area contributed by atoms with Crippen molar-refractivity contribution in [3.05, 3.63) is 0 Å². The molecular weight excluding hydrogens is 234 g/mol. The zero-order chi connectivity index (χ0) is 12.3. The van der Waals surface area contributed by atoms with Crippen LogP contribution in [0.25, 0.3) is 0 Å². The van der Waals surface area contributed by atoms with Crippen molar-refractivity contribution in [2.45, 2.75) is 51.1 Å². The maximum Gasteiger partial charge on any atom is 0.222 e. The molecule has 1 saturated carbocycles. The quantitative estimate of drug-likeness (QED) is 0.783. The summed E-state index contributed by atoms with van der Waals surface area (Å²) < 4.78 is 0. The Balaban J connectivity index is 1.68. The summed E-state index contributed by atoms with van der Waals surface area (Å²) in [6.07, 6.45) is 3.89. The van der Waals surface area contributed by atoms with Crippen LogP contribution in [-0.2, 0) is 4.79 Å². The molecule has 96 valence electrons. The molecule has 4 nitrogen and oxygen atoms in total. The summed E-state index contributed by atoms with van der Waals surface area (Å²) in [5.41, 5.74) is 0.180. The Morgan fingerprint density at radius 3 is 3.00 bits per heavy atom. The van der Waals surface area contributed by atoms with E-state index in [2.05, 4.69) is 29.5 Å². The van der Waals surface area contributed by atoms with Crippen LogP contribution in [0.2, 0.25) is 0 Å². The summed E-state index contributed by atoms with van der Waals surface area (Å²) in [7, 11) is 0. The van der Waals surface area contributed by atoms with Gasteiger partial charge in [-0.05, 0) is 26.2 Å². The van der Waals surface area contributed by atoms with Gasteiger partial charge in [0, 0.05) is 23.8 Å². The average molecular weight is 255 g/mol. The highest BCUT2D eigenvalue weighted by Crippen LogP contribution is 2.25. The molecule has 0 aromatic heterocycles. The van der Waals surface area contributed by atoms with Crippen LogP contribution in [0.1, 0.15) is 39.5 Å². The minimum absolute atomic E-state index is 0.137. The maximum absolute atomic E-state index is 11.4. The lowest BCUT2D eigenvalue weighted by atomic mass is 10.0. The Hall–Kier alpha value is -0.710. The maximum atomic E-state index is 11.4. The number of hydrogen-bond donors (Lipinski definition) is 2. The molecule has 1 atom stereocenters. The van der Waals surface area contributed by atoms with Crippen LogP contribution in [0.15, 0.2) is 4.99 Å². The summed E-state index contributed by atoms with van der Waals surface area (Å²) in [5, 5.41) is 7.39. The van der Waals surface area contributed by atoms with E-state index in [1.54, 1.807) is 11.8 Å². The second kappa shape index (κ2) is 5.29. The highest BCUT2D eigenvalue weighted by Gasteiger charge is 2.30. The van der Waals surface area contributed by atoms with Crippen molar-refractivity contribution in [3.8, 4) is 0 Å². The van der Waals surface area contributed by atoms with E-state index in [-0.39, 0.29) is 11.4 Å². The van der Waals surface area contributed by atoms with E-state index >= 15 is 0 Å². The lowest BCUT2D eigenvalue weighted by Gasteiger charge is -2.20. The van der Waals surface area contributed by atoms with Crippen LogP contribution in [0.3, 0.4) is 0 Å². The molecule has 1 saturated heterocycles. The van der Waals surface area contributed by atoms with E-state index in [4.69, 9.17) is 0 Å². The van der Waals surface area contributed by atoms with Crippen LogP contribution in [0.4, 0.5) is 0 Å². The molecule has 1 unspecified atom stereocenters. The Kier molecular flexibility index (Phi) is 3.97. The molecule has 2 aliphatic rings. The SMILES string of the molecule is CCC1(C)CSC(=NCCC(=O)NC2CC2)N1. The predicted molar refractivity (Wildman–Crippen MR) is 72.4 cm³/mol. The van der Waals surface area contributed by atoms with Crippen LogP contribution >= 0.6 is 11.8 Å². The molecule has 0 bridgehead atoms. The fourth-order valence-corrected chi connectivity index (χ4v) is 2.85. The minimum atomic E-state index is 0.137. The third-order valence-corrected chi connectivity index (χ3v) is 4.54. The highest BCUT2D eigenvalue weighted by atomic mass is 32.2. The van der Waals surface area contributed by atoms with Crippen molar-refractivity contribution in [3.63, 3.8) is 0 Å². The van der Waals surface area contributed by atoms with Gasteiger partial charge in [-0.25, -0.2) is 0 Å². The van der Waals surface area contributed by atoms with Crippen LogP contribution < -0.4 is 10.6 Å². The molecule has 0 aromatic carbocycles. The van der Waals surface area contributed by atoms with Gasteiger partial charge in [0.25, 0.3) is 0 Å². The molecule has 2 N–H and O–H groups in total. The third kappa shape index (κ3) is 3.91. The number of carbonyl (C=O) groups is 1. The number of rotatable bonds is 5.